The smallest absolute Gasteiger partial charge is 0.317 e. The molecule has 5 heteroatoms. The van der Waals surface area contributed by atoms with Gasteiger partial charge in [-0.3, -0.25) is 9.69 Å². The van der Waals surface area contributed by atoms with Crippen molar-refractivity contribution >= 4 is 5.97 Å². The maximum Gasteiger partial charge on any atom is 0.317 e. The first-order chi connectivity index (χ1) is 8.45. The number of carboxylic acids is 1. The van der Waals surface area contributed by atoms with Gasteiger partial charge in [0.05, 0.1) is 13.7 Å². The molecule has 0 aromatic heterocycles. The van der Waals surface area contributed by atoms with E-state index >= 15 is 0 Å². The Balaban J connectivity index is 2.90. The van der Waals surface area contributed by atoms with Gasteiger partial charge in [-0.25, -0.2) is 0 Å². The summed E-state index contributed by atoms with van der Waals surface area (Å²) in [6, 6.07) is 5.27. The van der Waals surface area contributed by atoms with Crippen LogP contribution in [0.3, 0.4) is 0 Å². The first-order valence-corrected chi connectivity index (χ1v) is 5.76. The summed E-state index contributed by atoms with van der Waals surface area (Å²) in [5.41, 5.74) is 0.657. The van der Waals surface area contributed by atoms with E-state index in [1.54, 1.807) is 23.1 Å². The molecule has 0 spiro atoms. The Morgan fingerprint density at radius 2 is 2.11 bits per heavy atom. The second-order valence-electron chi connectivity index (χ2n) is 4.36. The number of carbonyl (C=O) groups is 1. The maximum absolute atomic E-state index is 10.8. The minimum absolute atomic E-state index is 0.0612. The summed E-state index contributed by atoms with van der Waals surface area (Å²) in [5, 5.41) is 18.8. The highest BCUT2D eigenvalue weighted by Gasteiger charge is 2.16. The van der Waals surface area contributed by atoms with Gasteiger partial charge in [0.2, 0.25) is 0 Å². The number of phenolic OH excluding ortho intramolecular Hbond substituents is 1. The highest BCUT2D eigenvalue weighted by atomic mass is 16.5. The number of rotatable bonds is 6. The number of hydrogen-bond acceptors (Lipinski definition) is 4. The number of carboxylic acid groups (broad SMARTS) is 1. The molecule has 0 unspecified atom stereocenters. The van der Waals surface area contributed by atoms with E-state index in [2.05, 4.69) is 0 Å². The number of hydrogen-bond donors (Lipinski definition) is 2. The summed E-state index contributed by atoms with van der Waals surface area (Å²) in [5.74, 6) is -0.423. The topological polar surface area (TPSA) is 70.0 Å². The molecule has 18 heavy (non-hydrogen) atoms. The lowest BCUT2D eigenvalue weighted by Crippen LogP contribution is -2.35. The van der Waals surface area contributed by atoms with Crippen molar-refractivity contribution in [2.45, 2.75) is 26.4 Å². The van der Waals surface area contributed by atoms with E-state index in [4.69, 9.17) is 9.84 Å². The van der Waals surface area contributed by atoms with Crippen LogP contribution in [0, 0.1) is 0 Å². The second-order valence-corrected chi connectivity index (χ2v) is 4.36. The molecular weight excluding hydrogens is 234 g/mol. The molecule has 0 aliphatic heterocycles. The van der Waals surface area contributed by atoms with Gasteiger partial charge in [-0.05, 0) is 19.9 Å². The predicted octanol–water partition coefficient (Wildman–Crippen LogP) is 1.70. The Bertz CT molecular complexity index is 417. The Morgan fingerprint density at radius 3 is 2.61 bits per heavy atom. The van der Waals surface area contributed by atoms with E-state index in [-0.39, 0.29) is 18.3 Å². The zero-order chi connectivity index (χ0) is 13.7. The average Bonchev–Trinajstić information content (AvgIpc) is 2.30. The van der Waals surface area contributed by atoms with Gasteiger partial charge >= 0.3 is 5.97 Å². The molecule has 1 aromatic carbocycles. The van der Waals surface area contributed by atoms with Crippen LogP contribution < -0.4 is 4.74 Å². The molecule has 0 atom stereocenters. The molecule has 100 valence electrons. The van der Waals surface area contributed by atoms with Gasteiger partial charge < -0.3 is 14.9 Å². The van der Waals surface area contributed by atoms with Gasteiger partial charge in [-0.1, -0.05) is 12.1 Å². The van der Waals surface area contributed by atoms with Crippen LogP contribution in [-0.4, -0.2) is 40.8 Å². The van der Waals surface area contributed by atoms with Crippen molar-refractivity contribution in [3.8, 4) is 11.5 Å². The second kappa shape index (κ2) is 6.26. The van der Waals surface area contributed by atoms with E-state index in [9.17, 15) is 9.90 Å². The number of methoxy groups -OCH3 is 1. The van der Waals surface area contributed by atoms with E-state index in [0.29, 0.717) is 17.9 Å². The van der Waals surface area contributed by atoms with Crippen molar-refractivity contribution in [1.29, 1.82) is 0 Å². The number of ether oxygens (including phenoxy) is 1. The fourth-order valence-electron chi connectivity index (χ4n) is 1.67. The number of phenols is 1. The van der Waals surface area contributed by atoms with Crippen molar-refractivity contribution in [1.82, 2.24) is 4.90 Å². The molecule has 5 nitrogen and oxygen atoms in total. The third kappa shape index (κ3) is 3.63. The van der Waals surface area contributed by atoms with Gasteiger partial charge in [0.25, 0.3) is 0 Å². The highest BCUT2D eigenvalue weighted by Crippen LogP contribution is 2.30. The third-order valence-electron chi connectivity index (χ3n) is 2.74. The number of benzene rings is 1. The molecule has 2 N–H and O–H groups in total. The van der Waals surface area contributed by atoms with Crippen LogP contribution in [0.1, 0.15) is 19.4 Å². The van der Waals surface area contributed by atoms with E-state index in [1.807, 2.05) is 13.8 Å². The Kier molecular flexibility index (Phi) is 4.97. The lowest BCUT2D eigenvalue weighted by Gasteiger charge is -2.25. The lowest BCUT2D eigenvalue weighted by atomic mass is 10.1. The van der Waals surface area contributed by atoms with Crippen LogP contribution >= 0.6 is 0 Å². The van der Waals surface area contributed by atoms with Gasteiger partial charge in [-0.2, -0.15) is 0 Å². The van der Waals surface area contributed by atoms with Crippen LogP contribution in [0.5, 0.6) is 11.5 Å². The van der Waals surface area contributed by atoms with Crippen LogP contribution in [0.15, 0.2) is 18.2 Å². The van der Waals surface area contributed by atoms with Gasteiger partial charge in [0.15, 0.2) is 11.5 Å². The molecule has 0 saturated heterocycles. The van der Waals surface area contributed by atoms with E-state index < -0.39 is 5.97 Å². The first-order valence-electron chi connectivity index (χ1n) is 5.76. The molecular formula is C13H19NO4. The zero-order valence-corrected chi connectivity index (χ0v) is 10.9. The maximum atomic E-state index is 10.8. The van der Waals surface area contributed by atoms with Crippen LogP contribution in [0.4, 0.5) is 0 Å². The molecule has 0 radical (unpaired) electrons. The van der Waals surface area contributed by atoms with Crippen LogP contribution in [-0.2, 0) is 11.3 Å². The lowest BCUT2D eigenvalue weighted by molar-refractivity contribution is -0.138. The zero-order valence-electron chi connectivity index (χ0n) is 10.9. The minimum atomic E-state index is -0.883. The predicted molar refractivity (Wildman–Crippen MR) is 67.8 cm³/mol. The molecule has 0 amide bonds. The summed E-state index contributed by atoms with van der Waals surface area (Å²) in [6.07, 6.45) is 0. The van der Waals surface area contributed by atoms with E-state index in [1.165, 1.54) is 7.11 Å². The molecule has 0 aliphatic carbocycles. The number of para-hydroxylation sites is 1. The standard InChI is InChI=1S/C13H19NO4/c1-9(2)14(8-12(15)16)7-10-5-4-6-11(18-3)13(10)17/h4-6,9,17H,7-8H2,1-3H3,(H,15,16). The van der Waals surface area contributed by atoms with Gasteiger partial charge in [-0.15, -0.1) is 0 Å². The SMILES string of the molecule is COc1cccc(CN(CC(=O)O)C(C)C)c1O. The Labute approximate surface area is 107 Å². The molecule has 0 fully saturated rings. The summed E-state index contributed by atoms with van der Waals surface area (Å²) in [6.45, 7) is 4.14. The molecule has 0 aliphatic rings. The number of nitrogens with zero attached hydrogens (tertiary/aromatic N) is 1. The Hall–Kier alpha value is -1.75. The molecule has 0 saturated carbocycles. The Morgan fingerprint density at radius 1 is 1.44 bits per heavy atom. The third-order valence-corrected chi connectivity index (χ3v) is 2.74. The fraction of sp³-hybridized carbons (Fsp3) is 0.462. The molecule has 1 rings (SSSR count). The molecule has 1 aromatic rings. The summed E-state index contributed by atoms with van der Waals surface area (Å²) < 4.78 is 5.02. The van der Waals surface area contributed by atoms with Gasteiger partial charge in [0.1, 0.15) is 0 Å². The van der Waals surface area contributed by atoms with Crippen molar-refractivity contribution in [3.05, 3.63) is 23.8 Å². The van der Waals surface area contributed by atoms with Gasteiger partial charge in [0, 0.05) is 18.2 Å². The number of aromatic hydroxyl groups is 1. The summed E-state index contributed by atoms with van der Waals surface area (Å²) in [7, 11) is 1.48. The summed E-state index contributed by atoms with van der Waals surface area (Å²) >= 11 is 0. The minimum Gasteiger partial charge on any atom is -0.504 e. The van der Waals surface area contributed by atoms with E-state index in [0.717, 1.165) is 0 Å². The summed E-state index contributed by atoms with van der Waals surface area (Å²) in [4.78, 5) is 12.5. The van der Waals surface area contributed by atoms with Crippen molar-refractivity contribution in [3.63, 3.8) is 0 Å². The molecule has 0 bridgehead atoms. The van der Waals surface area contributed by atoms with Crippen LogP contribution in [0.2, 0.25) is 0 Å². The highest BCUT2D eigenvalue weighted by molar-refractivity contribution is 5.69. The van der Waals surface area contributed by atoms with Crippen molar-refractivity contribution in [2.24, 2.45) is 0 Å². The van der Waals surface area contributed by atoms with Crippen molar-refractivity contribution in [2.75, 3.05) is 13.7 Å². The first kappa shape index (κ1) is 14.3. The van der Waals surface area contributed by atoms with Crippen LogP contribution in [0.25, 0.3) is 0 Å². The largest absolute Gasteiger partial charge is 0.504 e. The number of aliphatic carboxylic acids is 1. The quantitative estimate of drug-likeness (QED) is 0.807. The normalized spacial score (nSPS) is 10.9. The van der Waals surface area contributed by atoms with Crippen molar-refractivity contribution < 1.29 is 19.7 Å². The molecule has 0 heterocycles. The monoisotopic (exact) mass is 253 g/mol. The fourth-order valence-corrected chi connectivity index (χ4v) is 1.67. The average molecular weight is 253 g/mol.